The first-order chi connectivity index (χ1) is 9.86. The van der Waals surface area contributed by atoms with Crippen molar-refractivity contribution < 1.29 is 13.2 Å². The number of anilines is 3. The maximum absolute atomic E-state index is 13.6. The van der Waals surface area contributed by atoms with Crippen molar-refractivity contribution in [1.82, 2.24) is 9.97 Å². The van der Waals surface area contributed by atoms with Crippen molar-refractivity contribution in [2.24, 2.45) is 0 Å². The summed E-state index contributed by atoms with van der Waals surface area (Å²) in [6, 6.07) is 3.66. The van der Waals surface area contributed by atoms with E-state index in [0.29, 0.717) is 11.6 Å². The monoisotopic (exact) mass is 296 g/mol. The molecule has 0 saturated carbocycles. The number of hydrogen-bond donors (Lipinski definition) is 2. The molecule has 0 bridgehead atoms. The fourth-order valence-corrected chi connectivity index (χ4v) is 1.72. The molecule has 0 saturated heterocycles. The Labute approximate surface area is 120 Å². The van der Waals surface area contributed by atoms with Crippen LogP contribution in [-0.2, 0) is 0 Å². The van der Waals surface area contributed by atoms with Gasteiger partial charge in [-0.05, 0) is 32.9 Å². The molecule has 0 unspecified atom stereocenters. The molecule has 0 atom stereocenters. The third kappa shape index (κ3) is 3.62. The summed E-state index contributed by atoms with van der Waals surface area (Å²) < 4.78 is 39.7. The summed E-state index contributed by atoms with van der Waals surface area (Å²) in [6.45, 7) is 5.60. The molecule has 0 aliphatic heterocycles. The molecule has 2 N–H and O–H groups in total. The zero-order valence-corrected chi connectivity index (χ0v) is 11.8. The summed E-state index contributed by atoms with van der Waals surface area (Å²) in [7, 11) is 0. The highest BCUT2D eigenvalue weighted by molar-refractivity contribution is 5.58. The molecule has 0 amide bonds. The van der Waals surface area contributed by atoms with E-state index < -0.39 is 17.5 Å². The highest BCUT2D eigenvalue weighted by Crippen LogP contribution is 2.23. The van der Waals surface area contributed by atoms with Crippen LogP contribution in [0.5, 0.6) is 0 Å². The SMILES string of the molecule is Cc1cc(Nc2ccc(F)c(F)c2F)nc(NC(C)C)n1. The van der Waals surface area contributed by atoms with Gasteiger partial charge in [0.1, 0.15) is 5.82 Å². The van der Waals surface area contributed by atoms with E-state index in [1.807, 2.05) is 13.8 Å². The predicted molar refractivity (Wildman–Crippen MR) is 75.1 cm³/mol. The highest BCUT2D eigenvalue weighted by Gasteiger charge is 2.14. The lowest BCUT2D eigenvalue weighted by Gasteiger charge is -2.12. The minimum absolute atomic E-state index is 0.125. The number of rotatable bonds is 4. The number of aromatic nitrogens is 2. The van der Waals surface area contributed by atoms with Gasteiger partial charge in [-0.25, -0.2) is 18.2 Å². The van der Waals surface area contributed by atoms with Crippen molar-refractivity contribution in [3.05, 3.63) is 41.3 Å². The number of aryl methyl sites for hydroxylation is 1. The summed E-state index contributed by atoms with van der Waals surface area (Å²) in [5.74, 6) is -3.39. The second kappa shape index (κ2) is 5.99. The van der Waals surface area contributed by atoms with E-state index in [4.69, 9.17) is 0 Å². The number of nitrogens with one attached hydrogen (secondary N) is 2. The zero-order chi connectivity index (χ0) is 15.6. The molecule has 0 fully saturated rings. The number of hydrogen-bond acceptors (Lipinski definition) is 4. The normalized spacial score (nSPS) is 10.8. The smallest absolute Gasteiger partial charge is 0.225 e. The number of halogens is 3. The molecule has 21 heavy (non-hydrogen) atoms. The fourth-order valence-electron chi connectivity index (χ4n) is 1.72. The molecule has 1 aromatic carbocycles. The summed E-state index contributed by atoms with van der Waals surface area (Å²) in [4.78, 5) is 8.33. The summed E-state index contributed by atoms with van der Waals surface area (Å²) >= 11 is 0. The minimum Gasteiger partial charge on any atom is -0.352 e. The largest absolute Gasteiger partial charge is 0.352 e. The second-order valence-corrected chi connectivity index (χ2v) is 4.87. The van der Waals surface area contributed by atoms with Crippen molar-refractivity contribution in [3.8, 4) is 0 Å². The average molecular weight is 296 g/mol. The van der Waals surface area contributed by atoms with Crippen LogP contribution in [0.25, 0.3) is 0 Å². The van der Waals surface area contributed by atoms with Crippen LogP contribution in [0.15, 0.2) is 18.2 Å². The molecule has 0 aliphatic rings. The third-order valence-electron chi connectivity index (χ3n) is 2.57. The Morgan fingerprint density at radius 3 is 2.43 bits per heavy atom. The molecule has 4 nitrogen and oxygen atoms in total. The van der Waals surface area contributed by atoms with E-state index >= 15 is 0 Å². The standard InChI is InChI=1S/C14H15F3N4/c1-7(2)18-14-19-8(3)6-11(21-14)20-10-5-4-9(15)12(16)13(10)17/h4-7H,1-3H3,(H2,18,19,20,21). The fraction of sp³-hybridized carbons (Fsp3) is 0.286. The zero-order valence-electron chi connectivity index (χ0n) is 11.8. The molecule has 2 aromatic rings. The molecule has 2 rings (SSSR count). The quantitative estimate of drug-likeness (QED) is 0.843. The topological polar surface area (TPSA) is 49.8 Å². The van der Waals surface area contributed by atoms with Crippen molar-refractivity contribution in [3.63, 3.8) is 0 Å². The summed E-state index contributed by atoms with van der Waals surface area (Å²) in [5, 5.41) is 5.64. The Morgan fingerprint density at radius 1 is 1.05 bits per heavy atom. The molecular formula is C14H15F3N4. The van der Waals surface area contributed by atoms with Gasteiger partial charge in [-0.3, -0.25) is 0 Å². The van der Waals surface area contributed by atoms with Gasteiger partial charge in [0, 0.05) is 17.8 Å². The Kier molecular flexibility index (Phi) is 4.30. The number of benzene rings is 1. The second-order valence-electron chi connectivity index (χ2n) is 4.87. The van der Waals surface area contributed by atoms with Gasteiger partial charge < -0.3 is 10.6 Å². The molecule has 112 valence electrons. The van der Waals surface area contributed by atoms with Gasteiger partial charge in [-0.15, -0.1) is 0 Å². The Bertz CT molecular complexity index is 659. The van der Waals surface area contributed by atoms with E-state index in [1.54, 1.807) is 13.0 Å². The van der Waals surface area contributed by atoms with Crippen LogP contribution >= 0.6 is 0 Å². The van der Waals surface area contributed by atoms with Gasteiger partial charge in [0.05, 0.1) is 5.69 Å². The van der Waals surface area contributed by atoms with Crippen LogP contribution < -0.4 is 10.6 Å². The van der Waals surface area contributed by atoms with E-state index in [-0.39, 0.29) is 17.5 Å². The summed E-state index contributed by atoms with van der Waals surface area (Å²) in [6.07, 6.45) is 0. The van der Waals surface area contributed by atoms with Crippen molar-refractivity contribution in [2.45, 2.75) is 26.8 Å². The van der Waals surface area contributed by atoms with E-state index in [0.717, 1.165) is 12.1 Å². The van der Waals surface area contributed by atoms with Crippen LogP contribution in [0.3, 0.4) is 0 Å². The van der Waals surface area contributed by atoms with Crippen molar-refractivity contribution in [2.75, 3.05) is 10.6 Å². The van der Waals surface area contributed by atoms with Gasteiger partial charge in [-0.2, -0.15) is 4.98 Å². The first-order valence-electron chi connectivity index (χ1n) is 6.39. The third-order valence-corrected chi connectivity index (χ3v) is 2.57. The van der Waals surface area contributed by atoms with Crippen LogP contribution in [0.1, 0.15) is 19.5 Å². The molecule has 0 spiro atoms. The lowest BCUT2D eigenvalue weighted by Crippen LogP contribution is -2.13. The van der Waals surface area contributed by atoms with Gasteiger partial charge in [0.2, 0.25) is 5.95 Å². The van der Waals surface area contributed by atoms with Gasteiger partial charge in [-0.1, -0.05) is 0 Å². The maximum Gasteiger partial charge on any atom is 0.225 e. The highest BCUT2D eigenvalue weighted by atomic mass is 19.2. The predicted octanol–water partition coefficient (Wildman–Crippen LogP) is 3.77. The van der Waals surface area contributed by atoms with Gasteiger partial charge in [0.25, 0.3) is 0 Å². The average Bonchev–Trinajstić information content (AvgIpc) is 2.38. The van der Waals surface area contributed by atoms with E-state index in [1.165, 1.54) is 0 Å². The summed E-state index contributed by atoms with van der Waals surface area (Å²) in [5.41, 5.74) is 0.459. The maximum atomic E-state index is 13.6. The van der Waals surface area contributed by atoms with Crippen molar-refractivity contribution in [1.29, 1.82) is 0 Å². The molecule has 0 radical (unpaired) electrons. The first kappa shape index (κ1) is 15.1. The first-order valence-corrected chi connectivity index (χ1v) is 6.39. The molecule has 1 heterocycles. The van der Waals surface area contributed by atoms with Crippen LogP contribution in [0.2, 0.25) is 0 Å². The van der Waals surface area contributed by atoms with Gasteiger partial charge in [0.15, 0.2) is 17.5 Å². The Hall–Kier alpha value is -2.31. The number of nitrogens with zero attached hydrogens (tertiary/aromatic N) is 2. The minimum atomic E-state index is -1.52. The van der Waals surface area contributed by atoms with Crippen LogP contribution in [0, 0.1) is 24.4 Å². The molecule has 1 aromatic heterocycles. The lowest BCUT2D eigenvalue weighted by molar-refractivity contribution is 0.449. The lowest BCUT2D eigenvalue weighted by atomic mass is 10.2. The van der Waals surface area contributed by atoms with Crippen LogP contribution in [-0.4, -0.2) is 16.0 Å². The van der Waals surface area contributed by atoms with Crippen molar-refractivity contribution >= 4 is 17.5 Å². The van der Waals surface area contributed by atoms with E-state index in [9.17, 15) is 13.2 Å². The molecular weight excluding hydrogens is 281 g/mol. The Balaban J connectivity index is 2.31. The Morgan fingerprint density at radius 2 is 1.76 bits per heavy atom. The van der Waals surface area contributed by atoms with Crippen LogP contribution in [0.4, 0.5) is 30.6 Å². The van der Waals surface area contributed by atoms with Gasteiger partial charge >= 0.3 is 0 Å². The molecule has 7 heteroatoms. The molecule has 0 aliphatic carbocycles. The van der Waals surface area contributed by atoms with E-state index in [2.05, 4.69) is 20.6 Å².